The van der Waals surface area contributed by atoms with Crippen LogP contribution in [0.15, 0.2) is 42.5 Å². The molecule has 30 heavy (non-hydrogen) atoms. The molecule has 0 saturated carbocycles. The lowest BCUT2D eigenvalue weighted by Crippen LogP contribution is -2.25. The van der Waals surface area contributed by atoms with Crippen LogP contribution in [-0.4, -0.2) is 33.5 Å². The molecule has 9 nitrogen and oxygen atoms in total. The maximum absolute atomic E-state index is 12.4. The third-order valence-electron chi connectivity index (χ3n) is 3.84. The van der Waals surface area contributed by atoms with Crippen LogP contribution in [0.1, 0.15) is 25.7 Å². The molecule has 0 spiro atoms. The zero-order valence-electron chi connectivity index (χ0n) is 15.1. The molecule has 3 aromatic rings. The second-order valence-corrected chi connectivity index (χ2v) is 7.74. The summed E-state index contributed by atoms with van der Waals surface area (Å²) in [4.78, 5) is 34.7. The van der Waals surface area contributed by atoms with Gasteiger partial charge in [0.2, 0.25) is 5.13 Å². The van der Waals surface area contributed by atoms with Crippen molar-refractivity contribution in [3.05, 3.63) is 78.8 Å². The van der Waals surface area contributed by atoms with Gasteiger partial charge < -0.3 is 5.32 Å². The topological polar surface area (TPSA) is 127 Å². The molecule has 0 saturated heterocycles. The lowest BCUT2D eigenvalue weighted by molar-refractivity contribution is -0.384. The van der Waals surface area contributed by atoms with Gasteiger partial charge in [-0.2, -0.15) is 0 Å². The molecule has 154 valence electrons. The Morgan fingerprint density at radius 1 is 1.03 bits per heavy atom. The molecule has 1 heterocycles. The number of amides is 2. The Morgan fingerprint density at radius 3 is 2.50 bits per heavy atom. The van der Waals surface area contributed by atoms with Crippen molar-refractivity contribution in [1.29, 1.82) is 0 Å². The van der Waals surface area contributed by atoms with Crippen molar-refractivity contribution < 1.29 is 14.5 Å². The third kappa shape index (κ3) is 5.29. The fourth-order valence-electron chi connectivity index (χ4n) is 2.39. The van der Waals surface area contributed by atoms with E-state index in [0.717, 1.165) is 17.4 Å². The van der Waals surface area contributed by atoms with Crippen LogP contribution < -0.4 is 10.6 Å². The summed E-state index contributed by atoms with van der Waals surface area (Å²) in [5.74, 6) is -0.947. The van der Waals surface area contributed by atoms with Gasteiger partial charge in [-0.25, -0.2) is 0 Å². The summed E-state index contributed by atoms with van der Waals surface area (Å²) in [5, 5.41) is 25.2. The van der Waals surface area contributed by atoms with E-state index in [1.807, 2.05) is 0 Å². The van der Waals surface area contributed by atoms with Gasteiger partial charge in [-0.3, -0.25) is 25.0 Å². The number of anilines is 1. The summed E-state index contributed by atoms with van der Waals surface area (Å²) in [6.45, 7) is 0.295. The van der Waals surface area contributed by atoms with Gasteiger partial charge in [0.15, 0.2) is 0 Å². The van der Waals surface area contributed by atoms with E-state index >= 15 is 0 Å². The van der Waals surface area contributed by atoms with Crippen molar-refractivity contribution in [1.82, 2.24) is 15.5 Å². The average Bonchev–Trinajstić information content (AvgIpc) is 3.15. The number of aromatic nitrogens is 2. The number of non-ortho nitro benzene ring substituents is 1. The molecule has 0 aliphatic carbocycles. The minimum absolute atomic E-state index is 0.0466. The van der Waals surface area contributed by atoms with E-state index in [1.54, 1.807) is 24.3 Å². The molecule has 2 N–H and O–H groups in total. The Morgan fingerprint density at radius 2 is 1.77 bits per heavy atom. The zero-order valence-corrected chi connectivity index (χ0v) is 17.4. The number of nitrogens with one attached hydrogen (secondary N) is 2. The predicted octanol–water partition coefficient (Wildman–Crippen LogP) is 3.98. The van der Waals surface area contributed by atoms with Crippen LogP contribution in [0.5, 0.6) is 0 Å². The fraction of sp³-hybridized carbons (Fsp3) is 0.111. The molecule has 0 bridgehead atoms. The molecule has 2 amide bonds. The lowest BCUT2D eigenvalue weighted by atomic mass is 10.2. The minimum atomic E-state index is -0.640. The third-order valence-corrected chi connectivity index (χ3v) is 5.39. The Balaban J connectivity index is 1.57. The first-order chi connectivity index (χ1) is 14.3. The first kappa shape index (κ1) is 21.6. The minimum Gasteiger partial charge on any atom is -0.352 e. The van der Waals surface area contributed by atoms with Gasteiger partial charge in [-0.1, -0.05) is 46.7 Å². The van der Waals surface area contributed by atoms with Gasteiger partial charge in [0, 0.05) is 25.1 Å². The van der Waals surface area contributed by atoms with E-state index < -0.39 is 10.8 Å². The summed E-state index contributed by atoms with van der Waals surface area (Å²) < 4.78 is 0. The molecule has 12 heteroatoms. The summed E-state index contributed by atoms with van der Waals surface area (Å²) in [5.41, 5.74) is 0.0737. The molecular weight excluding hydrogens is 453 g/mol. The average molecular weight is 466 g/mol. The van der Waals surface area contributed by atoms with Gasteiger partial charge >= 0.3 is 0 Å². The van der Waals surface area contributed by atoms with Crippen molar-refractivity contribution in [3.63, 3.8) is 0 Å². The number of hydrogen-bond donors (Lipinski definition) is 2. The SMILES string of the molecule is O=C(NCCc1nnc(NC(=O)c2cc([N+](=O)[O-])ccc2Cl)s1)c1ccccc1Cl. The first-order valence-electron chi connectivity index (χ1n) is 8.45. The van der Waals surface area contributed by atoms with Crippen LogP contribution in [0.4, 0.5) is 10.8 Å². The maximum Gasteiger partial charge on any atom is 0.270 e. The summed E-state index contributed by atoms with van der Waals surface area (Å²) >= 11 is 13.1. The fourth-order valence-corrected chi connectivity index (χ4v) is 3.55. The highest BCUT2D eigenvalue weighted by molar-refractivity contribution is 7.15. The number of carbonyl (C=O) groups excluding carboxylic acids is 2. The highest BCUT2D eigenvalue weighted by Gasteiger charge is 2.17. The Kier molecular flexibility index (Phi) is 6.93. The van der Waals surface area contributed by atoms with Crippen molar-refractivity contribution in [2.45, 2.75) is 6.42 Å². The highest BCUT2D eigenvalue weighted by Crippen LogP contribution is 2.24. The molecule has 0 aliphatic rings. The Bertz CT molecular complexity index is 1120. The number of nitro benzene ring substituents is 1. The van der Waals surface area contributed by atoms with Crippen molar-refractivity contribution >= 4 is 57.2 Å². The van der Waals surface area contributed by atoms with Gasteiger partial charge in [0.25, 0.3) is 17.5 Å². The largest absolute Gasteiger partial charge is 0.352 e. The molecule has 0 aliphatic heterocycles. The van der Waals surface area contributed by atoms with E-state index in [2.05, 4.69) is 20.8 Å². The van der Waals surface area contributed by atoms with Gasteiger partial charge in [0.05, 0.1) is 26.1 Å². The summed E-state index contributed by atoms with van der Waals surface area (Å²) in [6.07, 6.45) is 0.390. The Labute approximate surface area is 184 Å². The first-order valence-corrected chi connectivity index (χ1v) is 10.0. The van der Waals surface area contributed by atoms with Crippen molar-refractivity contribution in [2.24, 2.45) is 0 Å². The molecule has 2 aromatic carbocycles. The quantitative estimate of drug-likeness (QED) is 0.401. The van der Waals surface area contributed by atoms with E-state index in [4.69, 9.17) is 23.2 Å². The van der Waals surface area contributed by atoms with Gasteiger partial charge in [-0.05, 0) is 18.2 Å². The number of halogens is 2. The van der Waals surface area contributed by atoms with Crippen molar-refractivity contribution in [2.75, 3.05) is 11.9 Å². The van der Waals surface area contributed by atoms with Gasteiger partial charge in [0.1, 0.15) is 5.01 Å². The van der Waals surface area contributed by atoms with Crippen molar-refractivity contribution in [3.8, 4) is 0 Å². The number of hydrogen-bond acceptors (Lipinski definition) is 7. The molecule has 0 unspecified atom stereocenters. The van der Waals surface area contributed by atoms with Crippen LogP contribution in [0.2, 0.25) is 10.0 Å². The van der Waals surface area contributed by atoms with Crippen LogP contribution >= 0.6 is 34.5 Å². The number of carbonyl (C=O) groups is 2. The number of nitrogens with zero attached hydrogens (tertiary/aromatic N) is 3. The highest BCUT2D eigenvalue weighted by atomic mass is 35.5. The molecular formula is C18H13Cl2N5O4S. The van der Waals surface area contributed by atoms with Gasteiger partial charge in [-0.15, -0.1) is 10.2 Å². The van der Waals surface area contributed by atoms with Crippen LogP contribution in [-0.2, 0) is 6.42 Å². The number of rotatable bonds is 7. The predicted molar refractivity (Wildman–Crippen MR) is 113 cm³/mol. The van der Waals surface area contributed by atoms with Crippen LogP contribution in [0, 0.1) is 10.1 Å². The smallest absolute Gasteiger partial charge is 0.270 e. The summed E-state index contributed by atoms with van der Waals surface area (Å²) in [7, 11) is 0. The molecule has 0 fully saturated rings. The van der Waals surface area contributed by atoms with E-state index in [1.165, 1.54) is 12.1 Å². The lowest BCUT2D eigenvalue weighted by Gasteiger charge is -2.05. The zero-order chi connectivity index (χ0) is 21.7. The monoisotopic (exact) mass is 465 g/mol. The standard InChI is InChI=1S/C18H13Cl2N5O4S/c19-13-4-2-1-3-11(13)16(26)21-8-7-15-23-24-18(30-15)22-17(27)12-9-10(25(28)29)5-6-14(12)20/h1-6,9H,7-8H2,(H,21,26)(H,22,24,27). The molecule has 0 radical (unpaired) electrons. The second kappa shape index (κ2) is 9.61. The molecule has 0 atom stereocenters. The number of benzene rings is 2. The van der Waals surface area contributed by atoms with Crippen LogP contribution in [0.3, 0.4) is 0 Å². The molecule has 1 aromatic heterocycles. The second-order valence-electron chi connectivity index (χ2n) is 5.86. The number of nitro groups is 1. The molecule has 3 rings (SSSR count). The van der Waals surface area contributed by atoms with E-state index in [9.17, 15) is 19.7 Å². The summed E-state index contributed by atoms with van der Waals surface area (Å²) in [6, 6.07) is 10.3. The maximum atomic E-state index is 12.4. The van der Waals surface area contributed by atoms with E-state index in [-0.39, 0.29) is 27.3 Å². The Hall–Kier alpha value is -3.08. The van der Waals surface area contributed by atoms with Crippen LogP contribution in [0.25, 0.3) is 0 Å². The van der Waals surface area contributed by atoms with E-state index in [0.29, 0.717) is 28.6 Å². The normalized spacial score (nSPS) is 10.5.